The number of hydrogen-bond donors (Lipinski definition) is 2. The Kier molecular flexibility index (Phi) is 6.03. The van der Waals surface area contributed by atoms with Crippen LogP contribution in [0.4, 0.5) is 4.79 Å². The maximum atomic E-state index is 12.8. The minimum atomic E-state index is -0.870. The molecule has 2 aliphatic rings. The van der Waals surface area contributed by atoms with Gasteiger partial charge in [-0.05, 0) is 30.9 Å². The SMILES string of the molecule is CC(C)Cn1c(SCC(=O)NN2C(=O)NC3(CCCCC3)C2=O)nnc1-c1ccco1. The molecule has 4 rings (SSSR count). The minimum absolute atomic E-state index is 0.0154. The lowest BCUT2D eigenvalue weighted by Crippen LogP contribution is -2.51. The standard InChI is InChI=1S/C20H26N6O4S/c1-13(2)11-25-16(14-7-6-10-30-14)22-23-19(25)31-12-15(27)24-26-17(28)20(21-18(26)29)8-4-3-5-9-20/h6-7,10,13H,3-5,8-9,11-12H2,1-2H3,(H,21,29)(H,24,27). The van der Waals surface area contributed by atoms with Crippen LogP contribution >= 0.6 is 11.8 Å². The molecule has 1 saturated carbocycles. The Morgan fingerprint density at radius 3 is 2.74 bits per heavy atom. The summed E-state index contributed by atoms with van der Waals surface area (Å²) in [6.45, 7) is 4.81. The fourth-order valence-electron chi connectivity index (χ4n) is 4.02. The number of nitrogens with zero attached hydrogens (tertiary/aromatic N) is 4. The molecule has 2 N–H and O–H groups in total. The quantitative estimate of drug-likeness (QED) is 0.495. The van der Waals surface area contributed by atoms with Crippen LogP contribution in [0.3, 0.4) is 0 Å². The highest BCUT2D eigenvalue weighted by atomic mass is 32.2. The van der Waals surface area contributed by atoms with Crippen molar-refractivity contribution in [1.29, 1.82) is 0 Å². The topological polar surface area (TPSA) is 122 Å². The number of carbonyl (C=O) groups excluding carboxylic acids is 3. The third-order valence-corrected chi connectivity index (χ3v) is 6.41. The van der Waals surface area contributed by atoms with E-state index in [0.717, 1.165) is 24.3 Å². The smallest absolute Gasteiger partial charge is 0.344 e. The number of rotatable bonds is 7. The van der Waals surface area contributed by atoms with Gasteiger partial charge in [-0.3, -0.25) is 19.6 Å². The normalized spacial score (nSPS) is 18.1. The Bertz CT molecular complexity index is 964. The van der Waals surface area contributed by atoms with Gasteiger partial charge in [0.15, 0.2) is 16.7 Å². The van der Waals surface area contributed by atoms with Gasteiger partial charge in [0.2, 0.25) is 5.91 Å². The summed E-state index contributed by atoms with van der Waals surface area (Å²) in [5, 5.41) is 12.6. The van der Waals surface area contributed by atoms with E-state index in [4.69, 9.17) is 4.42 Å². The summed E-state index contributed by atoms with van der Waals surface area (Å²) in [6, 6.07) is 3.01. The van der Waals surface area contributed by atoms with Crippen molar-refractivity contribution in [2.24, 2.45) is 5.92 Å². The third-order valence-electron chi connectivity index (χ3n) is 5.44. The lowest BCUT2D eigenvalue weighted by atomic mass is 9.82. The molecule has 4 amide bonds. The molecule has 31 heavy (non-hydrogen) atoms. The molecule has 10 nitrogen and oxygen atoms in total. The van der Waals surface area contributed by atoms with Gasteiger partial charge in [0.05, 0.1) is 12.0 Å². The largest absolute Gasteiger partial charge is 0.461 e. The molecule has 1 aliphatic carbocycles. The first-order valence-corrected chi connectivity index (χ1v) is 11.4. The molecule has 11 heteroatoms. The van der Waals surface area contributed by atoms with Crippen LogP contribution in [-0.4, -0.2) is 48.9 Å². The Morgan fingerprint density at radius 1 is 1.29 bits per heavy atom. The van der Waals surface area contributed by atoms with Crippen molar-refractivity contribution >= 4 is 29.6 Å². The predicted octanol–water partition coefficient (Wildman–Crippen LogP) is 2.57. The number of thioether (sulfide) groups is 1. The first-order valence-electron chi connectivity index (χ1n) is 10.5. The highest BCUT2D eigenvalue weighted by Crippen LogP contribution is 2.33. The van der Waals surface area contributed by atoms with Crippen molar-refractivity contribution < 1.29 is 18.8 Å². The number of hydrogen-bond acceptors (Lipinski definition) is 7. The Hall–Kier alpha value is -2.82. The van der Waals surface area contributed by atoms with E-state index >= 15 is 0 Å². The summed E-state index contributed by atoms with van der Waals surface area (Å²) in [5.41, 5.74) is 1.58. The second-order valence-corrected chi connectivity index (χ2v) is 9.27. The van der Waals surface area contributed by atoms with Crippen molar-refractivity contribution in [3.8, 4) is 11.6 Å². The van der Waals surface area contributed by atoms with E-state index in [1.165, 1.54) is 11.8 Å². The molecule has 1 aliphatic heterocycles. The molecule has 2 aromatic rings. The monoisotopic (exact) mass is 446 g/mol. The first-order chi connectivity index (χ1) is 14.9. The van der Waals surface area contributed by atoms with Crippen molar-refractivity contribution in [3.05, 3.63) is 18.4 Å². The molecule has 3 heterocycles. The average Bonchev–Trinajstić information content (AvgIpc) is 3.44. The van der Waals surface area contributed by atoms with Crippen LogP contribution in [0.2, 0.25) is 0 Å². The number of furan rings is 1. The van der Waals surface area contributed by atoms with E-state index in [-0.39, 0.29) is 11.7 Å². The molecule has 2 fully saturated rings. The molecular formula is C20H26N6O4S. The summed E-state index contributed by atoms with van der Waals surface area (Å²) in [6.07, 6.45) is 5.59. The van der Waals surface area contributed by atoms with E-state index in [1.807, 2.05) is 4.57 Å². The van der Waals surface area contributed by atoms with Gasteiger partial charge in [-0.1, -0.05) is 44.9 Å². The maximum Gasteiger partial charge on any atom is 0.344 e. The van der Waals surface area contributed by atoms with Crippen LogP contribution in [0.5, 0.6) is 0 Å². The van der Waals surface area contributed by atoms with Gasteiger partial charge in [-0.25, -0.2) is 4.79 Å². The Labute approximate surface area is 184 Å². The lowest BCUT2D eigenvalue weighted by Gasteiger charge is -2.30. The first kappa shape index (κ1) is 21.4. The van der Waals surface area contributed by atoms with Gasteiger partial charge < -0.3 is 9.73 Å². The van der Waals surface area contributed by atoms with Gasteiger partial charge in [-0.2, -0.15) is 5.01 Å². The van der Waals surface area contributed by atoms with Crippen LogP contribution in [0.25, 0.3) is 11.6 Å². The lowest BCUT2D eigenvalue weighted by molar-refractivity contribution is -0.139. The molecule has 0 aromatic carbocycles. The van der Waals surface area contributed by atoms with Crippen molar-refractivity contribution in [1.82, 2.24) is 30.5 Å². The van der Waals surface area contributed by atoms with Gasteiger partial charge in [0.25, 0.3) is 5.91 Å². The maximum absolute atomic E-state index is 12.8. The van der Waals surface area contributed by atoms with E-state index < -0.39 is 17.5 Å². The Morgan fingerprint density at radius 2 is 2.06 bits per heavy atom. The highest BCUT2D eigenvalue weighted by Gasteiger charge is 2.52. The van der Waals surface area contributed by atoms with E-state index in [2.05, 4.69) is 34.8 Å². The van der Waals surface area contributed by atoms with E-state index in [1.54, 1.807) is 18.4 Å². The molecule has 1 saturated heterocycles. The average molecular weight is 447 g/mol. The number of amides is 4. The Balaban J connectivity index is 1.41. The number of aromatic nitrogens is 3. The highest BCUT2D eigenvalue weighted by molar-refractivity contribution is 7.99. The molecular weight excluding hydrogens is 420 g/mol. The third kappa shape index (κ3) is 4.32. The molecule has 0 radical (unpaired) electrons. The molecule has 1 spiro atoms. The van der Waals surface area contributed by atoms with Crippen LogP contribution in [0.1, 0.15) is 46.0 Å². The number of hydrazine groups is 1. The molecule has 166 valence electrons. The summed E-state index contributed by atoms with van der Waals surface area (Å²) >= 11 is 1.19. The second kappa shape index (κ2) is 8.74. The van der Waals surface area contributed by atoms with Gasteiger partial charge in [0, 0.05) is 6.54 Å². The number of urea groups is 1. The fourth-order valence-corrected chi connectivity index (χ4v) is 4.76. The summed E-state index contributed by atoms with van der Waals surface area (Å²) in [4.78, 5) is 37.6. The molecule has 0 atom stereocenters. The molecule has 2 aromatic heterocycles. The zero-order chi connectivity index (χ0) is 22.0. The van der Waals surface area contributed by atoms with Crippen molar-refractivity contribution in [3.63, 3.8) is 0 Å². The van der Waals surface area contributed by atoms with Gasteiger partial charge in [-0.15, -0.1) is 10.2 Å². The molecule has 0 bridgehead atoms. The van der Waals surface area contributed by atoms with Crippen molar-refractivity contribution in [2.45, 2.75) is 63.2 Å². The summed E-state index contributed by atoms with van der Waals surface area (Å²) < 4.78 is 7.36. The number of imide groups is 1. The predicted molar refractivity (Wildman–Crippen MR) is 113 cm³/mol. The zero-order valence-electron chi connectivity index (χ0n) is 17.6. The van der Waals surface area contributed by atoms with Crippen LogP contribution in [-0.2, 0) is 16.1 Å². The van der Waals surface area contributed by atoms with E-state index in [9.17, 15) is 14.4 Å². The number of nitrogens with one attached hydrogen (secondary N) is 2. The second-order valence-electron chi connectivity index (χ2n) is 8.33. The fraction of sp³-hybridized carbons (Fsp3) is 0.550. The summed E-state index contributed by atoms with van der Waals surface area (Å²) in [7, 11) is 0. The van der Waals surface area contributed by atoms with E-state index in [0.29, 0.717) is 42.0 Å². The number of carbonyl (C=O) groups is 3. The van der Waals surface area contributed by atoms with Crippen molar-refractivity contribution in [2.75, 3.05) is 5.75 Å². The van der Waals surface area contributed by atoms with Gasteiger partial charge in [0.1, 0.15) is 5.54 Å². The van der Waals surface area contributed by atoms with Crippen LogP contribution in [0, 0.1) is 5.92 Å². The molecule has 0 unspecified atom stereocenters. The van der Waals surface area contributed by atoms with Gasteiger partial charge >= 0.3 is 6.03 Å². The van der Waals surface area contributed by atoms with Crippen LogP contribution in [0.15, 0.2) is 28.0 Å². The minimum Gasteiger partial charge on any atom is -0.461 e. The zero-order valence-corrected chi connectivity index (χ0v) is 18.4. The summed E-state index contributed by atoms with van der Waals surface area (Å²) in [5.74, 6) is 0.670. The van der Waals surface area contributed by atoms with Crippen LogP contribution < -0.4 is 10.7 Å².